The molecule has 0 aromatic rings. The van der Waals surface area contributed by atoms with Gasteiger partial charge >= 0.3 is 0 Å². The van der Waals surface area contributed by atoms with Gasteiger partial charge in [-0.1, -0.05) is 24.5 Å². The topological polar surface area (TPSA) is 12.0 Å². The van der Waals surface area contributed by atoms with Gasteiger partial charge in [0.05, 0.1) is 0 Å². The molecule has 2 saturated carbocycles. The molecule has 1 nitrogen and oxygen atoms in total. The third-order valence-corrected chi connectivity index (χ3v) is 3.17. The Morgan fingerprint density at radius 2 is 1.92 bits per heavy atom. The third kappa shape index (κ3) is 3.15. The molecule has 2 aliphatic rings. The summed E-state index contributed by atoms with van der Waals surface area (Å²) in [5, 5.41) is 3.56. The minimum atomic E-state index is 0.854. The van der Waals surface area contributed by atoms with Crippen molar-refractivity contribution in [1.82, 2.24) is 5.32 Å². The van der Waals surface area contributed by atoms with Crippen LogP contribution in [0, 0.1) is 5.92 Å². The third-order valence-electron chi connectivity index (χ3n) is 3.17. The Morgan fingerprint density at radius 1 is 1.23 bits per heavy atom. The van der Waals surface area contributed by atoms with Gasteiger partial charge in [-0.05, 0) is 38.5 Å². The first kappa shape index (κ1) is 9.26. The maximum atomic E-state index is 3.56. The average molecular weight is 179 g/mol. The first-order valence-corrected chi connectivity index (χ1v) is 5.75. The lowest BCUT2D eigenvalue weighted by Crippen LogP contribution is -2.18. The predicted octanol–water partition coefficient (Wildman–Crippen LogP) is 2.87. The monoisotopic (exact) mass is 179 g/mol. The molecule has 2 rings (SSSR count). The molecule has 13 heavy (non-hydrogen) atoms. The number of hydrogen-bond acceptors (Lipinski definition) is 1. The minimum absolute atomic E-state index is 0.854. The first-order chi connectivity index (χ1) is 6.34. The van der Waals surface area contributed by atoms with Gasteiger partial charge in [-0.2, -0.15) is 0 Å². The SMILES string of the molecule is CC(=CC1CCCC1)CNC1CC1. The van der Waals surface area contributed by atoms with Crippen molar-refractivity contribution in [3.63, 3.8) is 0 Å². The van der Waals surface area contributed by atoms with E-state index in [0.29, 0.717) is 0 Å². The Balaban J connectivity index is 1.69. The van der Waals surface area contributed by atoms with Crippen LogP contribution in [-0.4, -0.2) is 12.6 Å². The Morgan fingerprint density at radius 3 is 2.54 bits per heavy atom. The van der Waals surface area contributed by atoms with Gasteiger partial charge in [-0.3, -0.25) is 0 Å². The summed E-state index contributed by atoms with van der Waals surface area (Å²) < 4.78 is 0. The molecule has 2 fully saturated rings. The molecular formula is C12H21N. The van der Waals surface area contributed by atoms with E-state index in [1.165, 1.54) is 38.5 Å². The van der Waals surface area contributed by atoms with E-state index in [4.69, 9.17) is 0 Å². The molecule has 1 N–H and O–H groups in total. The maximum Gasteiger partial charge on any atom is 0.0164 e. The molecule has 0 bridgehead atoms. The van der Waals surface area contributed by atoms with Crippen molar-refractivity contribution in [3.8, 4) is 0 Å². The lowest BCUT2D eigenvalue weighted by atomic mass is 10.1. The Labute approximate surface area is 81.6 Å². The molecule has 0 spiro atoms. The number of nitrogens with one attached hydrogen (secondary N) is 1. The number of allylic oxidation sites excluding steroid dienone is 1. The highest BCUT2D eigenvalue weighted by Gasteiger charge is 2.20. The van der Waals surface area contributed by atoms with Crippen molar-refractivity contribution in [2.45, 2.75) is 51.5 Å². The largest absolute Gasteiger partial charge is 0.310 e. The van der Waals surface area contributed by atoms with Gasteiger partial charge in [-0.15, -0.1) is 0 Å². The molecule has 0 amide bonds. The normalized spacial score (nSPS) is 25.5. The van der Waals surface area contributed by atoms with Crippen molar-refractivity contribution in [1.29, 1.82) is 0 Å². The molecular weight excluding hydrogens is 158 g/mol. The Hall–Kier alpha value is -0.300. The average Bonchev–Trinajstić information content (AvgIpc) is 2.82. The lowest BCUT2D eigenvalue weighted by molar-refractivity contribution is 0.666. The highest BCUT2D eigenvalue weighted by Crippen LogP contribution is 2.26. The van der Waals surface area contributed by atoms with Gasteiger partial charge in [0, 0.05) is 12.6 Å². The number of hydrogen-bond donors (Lipinski definition) is 1. The summed E-state index contributed by atoms with van der Waals surface area (Å²) in [6, 6.07) is 0.854. The molecule has 0 unspecified atom stereocenters. The molecule has 0 atom stereocenters. The Bertz CT molecular complexity index is 185. The van der Waals surface area contributed by atoms with Crippen molar-refractivity contribution < 1.29 is 0 Å². The first-order valence-electron chi connectivity index (χ1n) is 5.75. The van der Waals surface area contributed by atoms with Crippen LogP contribution in [0.5, 0.6) is 0 Å². The fourth-order valence-corrected chi connectivity index (χ4v) is 2.18. The van der Waals surface area contributed by atoms with Crippen LogP contribution in [-0.2, 0) is 0 Å². The van der Waals surface area contributed by atoms with Crippen molar-refractivity contribution >= 4 is 0 Å². The van der Waals surface area contributed by atoms with Crippen LogP contribution in [0.4, 0.5) is 0 Å². The second-order valence-electron chi connectivity index (χ2n) is 4.71. The van der Waals surface area contributed by atoms with E-state index >= 15 is 0 Å². The predicted molar refractivity (Wildman–Crippen MR) is 56.7 cm³/mol. The van der Waals surface area contributed by atoms with Crippen LogP contribution < -0.4 is 5.32 Å². The van der Waals surface area contributed by atoms with Gasteiger partial charge < -0.3 is 5.32 Å². The summed E-state index contributed by atoms with van der Waals surface area (Å²) in [4.78, 5) is 0. The summed E-state index contributed by atoms with van der Waals surface area (Å²) in [5.41, 5.74) is 1.55. The fraction of sp³-hybridized carbons (Fsp3) is 0.833. The Kier molecular flexibility index (Phi) is 3.05. The molecule has 74 valence electrons. The highest BCUT2D eigenvalue weighted by atomic mass is 14.9. The van der Waals surface area contributed by atoms with E-state index in [1.54, 1.807) is 5.57 Å². The van der Waals surface area contributed by atoms with Crippen LogP contribution >= 0.6 is 0 Å². The van der Waals surface area contributed by atoms with E-state index < -0.39 is 0 Å². The van der Waals surface area contributed by atoms with Crippen LogP contribution in [0.2, 0.25) is 0 Å². The van der Waals surface area contributed by atoms with Crippen LogP contribution in [0.15, 0.2) is 11.6 Å². The summed E-state index contributed by atoms with van der Waals surface area (Å²) in [7, 11) is 0. The summed E-state index contributed by atoms with van der Waals surface area (Å²) in [6.45, 7) is 3.40. The fourth-order valence-electron chi connectivity index (χ4n) is 2.18. The summed E-state index contributed by atoms with van der Waals surface area (Å²) >= 11 is 0. The number of rotatable bonds is 4. The highest BCUT2D eigenvalue weighted by molar-refractivity contribution is 5.05. The van der Waals surface area contributed by atoms with Crippen LogP contribution in [0.25, 0.3) is 0 Å². The van der Waals surface area contributed by atoms with E-state index in [1.807, 2.05) is 0 Å². The van der Waals surface area contributed by atoms with Crippen molar-refractivity contribution in [2.75, 3.05) is 6.54 Å². The van der Waals surface area contributed by atoms with E-state index in [9.17, 15) is 0 Å². The molecule has 0 heterocycles. The van der Waals surface area contributed by atoms with Crippen molar-refractivity contribution in [3.05, 3.63) is 11.6 Å². The zero-order valence-corrected chi connectivity index (χ0v) is 8.68. The molecule has 0 saturated heterocycles. The standard InChI is InChI=1S/C12H21N/c1-10(9-13-12-6-7-12)8-11-4-2-3-5-11/h8,11-13H,2-7,9H2,1H3. The molecule has 0 aromatic carbocycles. The van der Waals surface area contributed by atoms with Gasteiger partial charge in [0.1, 0.15) is 0 Å². The quantitative estimate of drug-likeness (QED) is 0.654. The van der Waals surface area contributed by atoms with Crippen molar-refractivity contribution in [2.24, 2.45) is 5.92 Å². The van der Waals surface area contributed by atoms with Gasteiger partial charge in [-0.25, -0.2) is 0 Å². The van der Waals surface area contributed by atoms with E-state index in [0.717, 1.165) is 18.5 Å². The van der Waals surface area contributed by atoms with Gasteiger partial charge in [0.2, 0.25) is 0 Å². The minimum Gasteiger partial charge on any atom is -0.310 e. The molecule has 1 heteroatoms. The molecule has 0 aromatic heterocycles. The van der Waals surface area contributed by atoms with Crippen LogP contribution in [0.1, 0.15) is 45.4 Å². The van der Waals surface area contributed by atoms with E-state index in [-0.39, 0.29) is 0 Å². The molecule has 0 aliphatic heterocycles. The lowest BCUT2D eigenvalue weighted by Gasteiger charge is -2.06. The zero-order chi connectivity index (χ0) is 9.10. The zero-order valence-electron chi connectivity index (χ0n) is 8.68. The maximum absolute atomic E-state index is 3.56. The van der Waals surface area contributed by atoms with Gasteiger partial charge in [0.15, 0.2) is 0 Å². The smallest absolute Gasteiger partial charge is 0.0164 e. The second-order valence-corrected chi connectivity index (χ2v) is 4.71. The molecule has 0 radical (unpaired) electrons. The second kappa shape index (κ2) is 4.28. The molecule has 2 aliphatic carbocycles. The summed E-state index contributed by atoms with van der Waals surface area (Å²) in [6.07, 6.45) is 11.1. The summed E-state index contributed by atoms with van der Waals surface area (Å²) in [5.74, 6) is 0.904. The van der Waals surface area contributed by atoms with Crippen LogP contribution in [0.3, 0.4) is 0 Å². The van der Waals surface area contributed by atoms with E-state index in [2.05, 4.69) is 18.3 Å². The van der Waals surface area contributed by atoms with Gasteiger partial charge in [0.25, 0.3) is 0 Å².